The van der Waals surface area contributed by atoms with E-state index in [4.69, 9.17) is 4.74 Å². The van der Waals surface area contributed by atoms with Crippen molar-refractivity contribution in [3.05, 3.63) is 58.9 Å². The van der Waals surface area contributed by atoms with Gasteiger partial charge in [0.25, 0.3) is 5.91 Å². The molecule has 1 saturated carbocycles. The molecule has 2 amide bonds. The van der Waals surface area contributed by atoms with E-state index in [1.54, 1.807) is 24.3 Å². The molecular formula is C27H34FN3O3. The van der Waals surface area contributed by atoms with Crippen LogP contribution in [-0.2, 0) is 11.3 Å². The normalized spacial score (nSPS) is 19.3. The predicted octanol–water partition coefficient (Wildman–Crippen LogP) is 4.62. The lowest BCUT2D eigenvalue weighted by Gasteiger charge is -2.41. The van der Waals surface area contributed by atoms with Crippen LogP contribution in [0.2, 0.25) is 0 Å². The van der Waals surface area contributed by atoms with E-state index in [-0.39, 0.29) is 23.7 Å². The monoisotopic (exact) mass is 467 g/mol. The van der Waals surface area contributed by atoms with Crippen molar-refractivity contribution in [1.29, 1.82) is 0 Å². The second-order valence-electron chi connectivity index (χ2n) is 9.49. The van der Waals surface area contributed by atoms with Crippen molar-refractivity contribution in [2.45, 2.75) is 52.1 Å². The Kier molecular flexibility index (Phi) is 7.51. The number of ether oxygens (including phenoxy) is 1. The number of carbonyl (C=O) groups is 2. The number of benzene rings is 2. The summed E-state index contributed by atoms with van der Waals surface area (Å²) in [6.45, 7) is 6.75. The summed E-state index contributed by atoms with van der Waals surface area (Å²) in [6.07, 6.45) is 4.33. The Balaban J connectivity index is 1.44. The third kappa shape index (κ3) is 5.25. The summed E-state index contributed by atoms with van der Waals surface area (Å²) >= 11 is 0. The van der Waals surface area contributed by atoms with Crippen LogP contribution in [0.25, 0.3) is 0 Å². The maximum Gasteiger partial charge on any atom is 0.259 e. The summed E-state index contributed by atoms with van der Waals surface area (Å²) in [5.41, 5.74) is 2.51. The number of para-hydroxylation sites is 1. The van der Waals surface area contributed by atoms with E-state index >= 15 is 0 Å². The Hall–Kier alpha value is -2.93. The summed E-state index contributed by atoms with van der Waals surface area (Å²) in [4.78, 5) is 30.0. The molecule has 0 unspecified atom stereocenters. The highest BCUT2D eigenvalue weighted by Crippen LogP contribution is 2.29. The molecule has 0 aromatic heterocycles. The fourth-order valence-electron chi connectivity index (χ4n) is 5.20. The lowest BCUT2D eigenvalue weighted by atomic mass is 10.0. The third-order valence-corrected chi connectivity index (χ3v) is 7.17. The molecule has 0 spiro atoms. The number of halogens is 1. The van der Waals surface area contributed by atoms with E-state index in [2.05, 4.69) is 17.1 Å². The van der Waals surface area contributed by atoms with Gasteiger partial charge in [-0.15, -0.1) is 0 Å². The second-order valence-corrected chi connectivity index (χ2v) is 9.49. The smallest absolute Gasteiger partial charge is 0.259 e. The van der Waals surface area contributed by atoms with E-state index < -0.39 is 0 Å². The predicted molar refractivity (Wildman–Crippen MR) is 130 cm³/mol. The molecule has 182 valence electrons. The number of rotatable bonds is 6. The first-order valence-electron chi connectivity index (χ1n) is 12.1. The fraction of sp³-hybridized carbons (Fsp3) is 0.481. The third-order valence-electron chi connectivity index (χ3n) is 7.17. The van der Waals surface area contributed by atoms with Gasteiger partial charge in [0.15, 0.2) is 0 Å². The van der Waals surface area contributed by atoms with Gasteiger partial charge in [-0.25, -0.2) is 4.39 Å². The van der Waals surface area contributed by atoms with E-state index in [1.165, 1.54) is 19.2 Å². The lowest BCUT2D eigenvalue weighted by Crippen LogP contribution is -2.54. The fourth-order valence-corrected chi connectivity index (χ4v) is 5.20. The van der Waals surface area contributed by atoms with Gasteiger partial charge in [0, 0.05) is 43.8 Å². The summed E-state index contributed by atoms with van der Waals surface area (Å²) in [6, 6.07) is 9.97. The zero-order valence-corrected chi connectivity index (χ0v) is 20.3. The van der Waals surface area contributed by atoms with Crippen molar-refractivity contribution in [2.75, 3.05) is 32.1 Å². The molecule has 1 aliphatic heterocycles. The van der Waals surface area contributed by atoms with Crippen LogP contribution in [0, 0.1) is 18.7 Å². The molecule has 2 aliphatic rings. The van der Waals surface area contributed by atoms with Crippen molar-refractivity contribution in [1.82, 2.24) is 9.80 Å². The molecule has 1 N–H and O–H groups in total. The van der Waals surface area contributed by atoms with Gasteiger partial charge in [-0.2, -0.15) is 0 Å². The molecule has 2 aromatic carbocycles. The molecule has 1 atom stereocenters. The van der Waals surface area contributed by atoms with Gasteiger partial charge in [0.1, 0.15) is 11.6 Å². The number of piperazine rings is 1. The number of hydrogen-bond acceptors (Lipinski definition) is 4. The van der Waals surface area contributed by atoms with Crippen LogP contribution < -0.4 is 10.1 Å². The number of hydrogen-bond donors (Lipinski definition) is 1. The van der Waals surface area contributed by atoms with E-state index in [0.717, 1.165) is 49.9 Å². The Morgan fingerprint density at radius 1 is 1.15 bits per heavy atom. The highest BCUT2D eigenvalue weighted by atomic mass is 19.1. The molecule has 0 bridgehead atoms. The summed E-state index contributed by atoms with van der Waals surface area (Å²) in [5, 5.41) is 2.85. The zero-order valence-electron chi connectivity index (χ0n) is 20.3. The second kappa shape index (κ2) is 10.6. The highest BCUT2D eigenvalue weighted by molar-refractivity contribution is 6.06. The van der Waals surface area contributed by atoms with Crippen molar-refractivity contribution in [3.63, 3.8) is 0 Å². The van der Waals surface area contributed by atoms with Crippen molar-refractivity contribution < 1.29 is 18.7 Å². The standard InChI is InChI=1S/C27H34FN3O3/c1-18-16-30(12-13-31(18)27(33)20-8-4-5-9-20)17-21-14-22(28)15-24(19(21)2)29-26(32)23-10-6-7-11-25(23)34-3/h6-7,10-11,14-15,18,20H,4-5,8-9,12-13,16-17H2,1-3H3,(H,29,32)/t18-/m0/s1. The Morgan fingerprint density at radius 2 is 1.88 bits per heavy atom. The van der Waals surface area contributed by atoms with Crippen LogP contribution in [0.15, 0.2) is 36.4 Å². The van der Waals surface area contributed by atoms with Gasteiger partial charge in [-0.05, 0) is 62.1 Å². The topological polar surface area (TPSA) is 61.9 Å². The van der Waals surface area contributed by atoms with E-state index in [1.807, 2.05) is 11.8 Å². The largest absolute Gasteiger partial charge is 0.496 e. The molecule has 6 nitrogen and oxygen atoms in total. The van der Waals surface area contributed by atoms with Gasteiger partial charge in [-0.1, -0.05) is 25.0 Å². The molecule has 1 aliphatic carbocycles. The number of amides is 2. The first kappa shape index (κ1) is 24.2. The number of nitrogens with one attached hydrogen (secondary N) is 1. The van der Waals surface area contributed by atoms with Crippen molar-refractivity contribution >= 4 is 17.5 Å². The van der Waals surface area contributed by atoms with Gasteiger partial charge >= 0.3 is 0 Å². The maximum absolute atomic E-state index is 14.5. The quantitative estimate of drug-likeness (QED) is 0.674. The first-order chi connectivity index (χ1) is 16.4. The number of nitrogens with zero attached hydrogens (tertiary/aromatic N) is 2. The van der Waals surface area contributed by atoms with Crippen molar-refractivity contribution in [2.24, 2.45) is 5.92 Å². The van der Waals surface area contributed by atoms with Gasteiger partial charge < -0.3 is 15.0 Å². The Labute approximate surface area is 201 Å². The number of carbonyl (C=O) groups excluding carboxylic acids is 2. The van der Waals surface area contributed by atoms with Crippen LogP contribution in [-0.4, -0.2) is 54.4 Å². The number of anilines is 1. The Bertz CT molecular complexity index is 1050. The first-order valence-corrected chi connectivity index (χ1v) is 12.1. The van der Waals surface area contributed by atoms with Crippen LogP contribution in [0.5, 0.6) is 5.75 Å². The maximum atomic E-state index is 14.5. The average Bonchev–Trinajstić information content (AvgIpc) is 3.37. The summed E-state index contributed by atoms with van der Waals surface area (Å²) in [7, 11) is 1.51. The van der Waals surface area contributed by atoms with Gasteiger partial charge in [0.2, 0.25) is 5.91 Å². The van der Waals surface area contributed by atoms with E-state index in [0.29, 0.717) is 36.0 Å². The van der Waals surface area contributed by atoms with Crippen LogP contribution in [0.1, 0.15) is 54.1 Å². The van der Waals surface area contributed by atoms with Crippen LogP contribution in [0.3, 0.4) is 0 Å². The SMILES string of the molecule is COc1ccccc1C(=O)Nc1cc(F)cc(CN2CCN(C(=O)C3CCCC3)[C@@H](C)C2)c1C. The minimum atomic E-state index is -0.390. The molecular weight excluding hydrogens is 433 g/mol. The average molecular weight is 468 g/mol. The number of methoxy groups -OCH3 is 1. The highest BCUT2D eigenvalue weighted by Gasteiger charge is 2.33. The van der Waals surface area contributed by atoms with Crippen LogP contribution in [0.4, 0.5) is 10.1 Å². The molecule has 0 radical (unpaired) electrons. The van der Waals surface area contributed by atoms with E-state index in [9.17, 15) is 14.0 Å². The van der Waals surface area contributed by atoms with Crippen LogP contribution >= 0.6 is 0 Å². The molecule has 34 heavy (non-hydrogen) atoms. The Morgan fingerprint density at radius 3 is 2.59 bits per heavy atom. The molecule has 1 heterocycles. The minimum absolute atomic E-state index is 0.125. The summed E-state index contributed by atoms with van der Waals surface area (Å²) < 4.78 is 19.8. The molecule has 1 saturated heterocycles. The molecule has 2 fully saturated rings. The zero-order chi connectivity index (χ0) is 24.2. The molecule has 7 heteroatoms. The molecule has 2 aromatic rings. The summed E-state index contributed by atoms with van der Waals surface area (Å²) in [5.74, 6) is 0.221. The molecule has 4 rings (SSSR count). The lowest BCUT2D eigenvalue weighted by molar-refractivity contribution is -0.140. The minimum Gasteiger partial charge on any atom is -0.496 e. The van der Waals surface area contributed by atoms with Gasteiger partial charge in [-0.3, -0.25) is 14.5 Å². The van der Waals surface area contributed by atoms with Crippen molar-refractivity contribution in [3.8, 4) is 5.75 Å². The van der Waals surface area contributed by atoms with Gasteiger partial charge in [0.05, 0.1) is 12.7 Å².